The molecule has 4 rings (SSSR count). The van der Waals surface area contributed by atoms with E-state index < -0.39 is 0 Å². The van der Waals surface area contributed by atoms with Crippen LogP contribution in [0.5, 0.6) is 0 Å². The van der Waals surface area contributed by atoms with Crippen molar-refractivity contribution in [1.82, 2.24) is 19.7 Å². The Morgan fingerprint density at radius 1 is 1.06 bits per heavy atom. The fourth-order valence-electron chi connectivity index (χ4n) is 3.68. The van der Waals surface area contributed by atoms with E-state index in [0.29, 0.717) is 35.4 Å². The number of carbonyl (C=O) groups is 2. The molecular weight excluding hydrogens is 414 g/mol. The third kappa shape index (κ3) is 4.92. The van der Waals surface area contributed by atoms with Crippen molar-refractivity contribution in [3.8, 4) is 0 Å². The number of pyridine rings is 1. The number of rotatable bonds is 6. The molecule has 2 aromatic carbocycles. The predicted molar refractivity (Wildman–Crippen MR) is 129 cm³/mol. The van der Waals surface area contributed by atoms with Crippen LogP contribution < -0.4 is 5.32 Å². The molecule has 2 heterocycles. The van der Waals surface area contributed by atoms with E-state index in [1.54, 1.807) is 24.2 Å². The van der Waals surface area contributed by atoms with Gasteiger partial charge in [0.25, 0.3) is 5.91 Å². The molecule has 0 aliphatic heterocycles. The summed E-state index contributed by atoms with van der Waals surface area (Å²) in [7, 11) is 1.74. The summed E-state index contributed by atoms with van der Waals surface area (Å²) in [5.41, 5.74) is 5.77. The third-order valence-corrected chi connectivity index (χ3v) is 5.65. The highest BCUT2D eigenvalue weighted by Crippen LogP contribution is 2.23. The minimum Gasteiger partial charge on any atom is -0.342 e. The van der Waals surface area contributed by atoms with E-state index in [0.717, 1.165) is 16.8 Å². The largest absolute Gasteiger partial charge is 0.342 e. The van der Waals surface area contributed by atoms with E-state index in [2.05, 4.69) is 46.6 Å². The number of nitrogens with one attached hydrogen (secondary N) is 1. The number of para-hydroxylation sites is 1. The molecule has 0 radical (unpaired) electrons. The second kappa shape index (κ2) is 9.24. The molecule has 0 aliphatic rings. The topological polar surface area (TPSA) is 80.1 Å². The highest BCUT2D eigenvalue weighted by molar-refractivity contribution is 6.12. The SMILES string of the molecule is CC(=O)N(C)Cc1ccccc1NC(=O)c1cc(C)nc2c1cnn2Cc1ccc(C)cc1. The van der Waals surface area contributed by atoms with Crippen LogP contribution in [0.3, 0.4) is 0 Å². The predicted octanol–water partition coefficient (Wildman–Crippen LogP) is 4.33. The third-order valence-electron chi connectivity index (χ3n) is 5.65. The summed E-state index contributed by atoms with van der Waals surface area (Å²) in [4.78, 5) is 31.2. The fraction of sp³-hybridized carbons (Fsp3) is 0.231. The number of aryl methyl sites for hydroxylation is 2. The molecule has 7 heteroatoms. The lowest BCUT2D eigenvalue weighted by Crippen LogP contribution is -2.24. The van der Waals surface area contributed by atoms with Gasteiger partial charge in [-0.2, -0.15) is 5.10 Å². The minimum atomic E-state index is -0.238. The first kappa shape index (κ1) is 22.2. The Morgan fingerprint density at radius 3 is 2.52 bits per heavy atom. The van der Waals surface area contributed by atoms with Crippen molar-refractivity contribution in [2.75, 3.05) is 12.4 Å². The van der Waals surface area contributed by atoms with Crippen molar-refractivity contribution in [1.29, 1.82) is 0 Å². The van der Waals surface area contributed by atoms with Gasteiger partial charge in [-0.3, -0.25) is 9.59 Å². The maximum Gasteiger partial charge on any atom is 0.256 e. The highest BCUT2D eigenvalue weighted by atomic mass is 16.2. The second-order valence-electron chi connectivity index (χ2n) is 8.32. The molecule has 1 N–H and O–H groups in total. The van der Waals surface area contributed by atoms with Crippen molar-refractivity contribution in [2.24, 2.45) is 0 Å². The molecule has 0 atom stereocenters. The van der Waals surface area contributed by atoms with Crippen LogP contribution in [0, 0.1) is 13.8 Å². The fourth-order valence-corrected chi connectivity index (χ4v) is 3.68. The molecule has 2 amide bonds. The van der Waals surface area contributed by atoms with Gasteiger partial charge in [0.2, 0.25) is 5.91 Å². The quantitative estimate of drug-likeness (QED) is 0.483. The van der Waals surface area contributed by atoms with Crippen molar-refractivity contribution in [3.63, 3.8) is 0 Å². The summed E-state index contributed by atoms with van der Waals surface area (Å²) >= 11 is 0. The van der Waals surface area contributed by atoms with Crippen molar-refractivity contribution in [2.45, 2.75) is 33.9 Å². The van der Waals surface area contributed by atoms with Gasteiger partial charge in [-0.25, -0.2) is 9.67 Å². The lowest BCUT2D eigenvalue weighted by atomic mass is 10.1. The molecule has 0 aliphatic carbocycles. The van der Waals surface area contributed by atoms with Gasteiger partial charge in [-0.05, 0) is 37.1 Å². The normalized spacial score (nSPS) is 10.9. The number of benzene rings is 2. The first-order valence-corrected chi connectivity index (χ1v) is 10.8. The standard InChI is InChI=1S/C26H27N5O2/c1-17-9-11-20(12-10-17)15-31-25-23(14-27-31)22(13-18(2)28-25)26(33)29-24-8-6-5-7-21(24)16-30(4)19(3)32/h5-14H,15-16H2,1-4H3,(H,29,33). The van der Waals surface area contributed by atoms with Crippen molar-refractivity contribution < 1.29 is 9.59 Å². The van der Waals surface area contributed by atoms with Gasteiger partial charge in [-0.15, -0.1) is 0 Å². The smallest absolute Gasteiger partial charge is 0.256 e. The van der Waals surface area contributed by atoms with E-state index in [9.17, 15) is 9.59 Å². The molecule has 0 saturated heterocycles. The van der Waals surface area contributed by atoms with E-state index in [-0.39, 0.29) is 11.8 Å². The maximum absolute atomic E-state index is 13.3. The van der Waals surface area contributed by atoms with Gasteiger partial charge in [0.05, 0.1) is 23.7 Å². The summed E-state index contributed by atoms with van der Waals surface area (Å²) in [6.07, 6.45) is 1.69. The van der Waals surface area contributed by atoms with E-state index in [1.807, 2.05) is 35.9 Å². The maximum atomic E-state index is 13.3. The average Bonchev–Trinajstić information content (AvgIpc) is 3.18. The van der Waals surface area contributed by atoms with Crippen LogP contribution in [0.15, 0.2) is 60.8 Å². The number of carbonyl (C=O) groups excluding carboxylic acids is 2. The van der Waals surface area contributed by atoms with Crippen LogP contribution in [0.25, 0.3) is 11.0 Å². The second-order valence-corrected chi connectivity index (χ2v) is 8.32. The summed E-state index contributed by atoms with van der Waals surface area (Å²) in [6, 6.07) is 17.6. The van der Waals surface area contributed by atoms with Gasteiger partial charge >= 0.3 is 0 Å². The van der Waals surface area contributed by atoms with Crippen molar-refractivity contribution >= 4 is 28.5 Å². The number of hydrogen-bond acceptors (Lipinski definition) is 4. The molecule has 0 bridgehead atoms. The molecule has 0 fully saturated rings. The molecule has 4 aromatic rings. The van der Waals surface area contributed by atoms with Gasteiger partial charge < -0.3 is 10.2 Å². The van der Waals surface area contributed by atoms with E-state index in [1.165, 1.54) is 12.5 Å². The van der Waals surface area contributed by atoms with Crippen LogP contribution >= 0.6 is 0 Å². The molecule has 33 heavy (non-hydrogen) atoms. The minimum absolute atomic E-state index is 0.0383. The Bertz CT molecular complexity index is 1320. The Balaban J connectivity index is 1.64. The van der Waals surface area contributed by atoms with E-state index in [4.69, 9.17) is 0 Å². The van der Waals surface area contributed by atoms with Crippen LogP contribution in [0.4, 0.5) is 5.69 Å². The van der Waals surface area contributed by atoms with Crippen LogP contribution in [-0.2, 0) is 17.9 Å². The lowest BCUT2D eigenvalue weighted by Gasteiger charge is -2.18. The van der Waals surface area contributed by atoms with Gasteiger partial charge in [0, 0.05) is 31.9 Å². The van der Waals surface area contributed by atoms with Crippen LogP contribution in [-0.4, -0.2) is 38.5 Å². The molecule has 0 unspecified atom stereocenters. The molecule has 0 spiro atoms. The molecule has 2 aromatic heterocycles. The molecule has 7 nitrogen and oxygen atoms in total. The number of nitrogens with zero attached hydrogens (tertiary/aromatic N) is 4. The lowest BCUT2D eigenvalue weighted by molar-refractivity contribution is -0.128. The summed E-state index contributed by atoms with van der Waals surface area (Å²) in [6.45, 7) is 6.42. The number of fused-ring (bicyclic) bond motifs is 1. The van der Waals surface area contributed by atoms with Crippen molar-refractivity contribution in [3.05, 3.63) is 88.7 Å². The van der Waals surface area contributed by atoms with Gasteiger partial charge in [-0.1, -0.05) is 48.0 Å². The number of amides is 2. The number of aromatic nitrogens is 3. The Kier molecular flexibility index (Phi) is 6.22. The van der Waals surface area contributed by atoms with Gasteiger partial charge in [0.15, 0.2) is 5.65 Å². The Hall–Kier alpha value is -4.00. The Morgan fingerprint density at radius 2 is 1.79 bits per heavy atom. The first-order valence-electron chi connectivity index (χ1n) is 10.8. The molecular formula is C26H27N5O2. The van der Waals surface area contributed by atoms with Gasteiger partial charge in [0.1, 0.15) is 0 Å². The first-order chi connectivity index (χ1) is 15.8. The zero-order valence-electron chi connectivity index (χ0n) is 19.3. The number of hydrogen-bond donors (Lipinski definition) is 1. The average molecular weight is 442 g/mol. The molecule has 0 saturated carbocycles. The zero-order chi connectivity index (χ0) is 23.5. The summed E-state index contributed by atoms with van der Waals surface area (Å²) in [5.74, 6) is -0.276. The summed E-state index contributed by atoms with van der Waals surface area (Å²) < 4.78 is 1.82. The number of anilines is 1. The Labute approximate surface area is 193 Å². The van der Waals surface area contributed by atoms with Crippen LogP contribution in [0.2, 0.25) is 0 Å². The monoisotopic (exact) mass is 441 g/mol. The zero-order valence-corrected chi connectivity index (χ0v) is 19.3. The highest BCUT2D eigenvalue weighted by Gasteiger charge is 2.18. The summed E-state index contributed by atoms with van der Waals surface area (Å²) in [5, 5.41) is 8.22. The molecule has 168 valence electrons. The van der Waals surface area contributed by atoms with E-state index >= 15 is 0 Å². The van der Waals surface area contributed by atoms with Crippen LogP contribution in [0.1, 0.15) is 39.7 Å².